The summed E-state index contributed by atoms with van der Waals surface area (Å²) in [5, 5.41) is 3.12. The summed E-state index contributed by atoms with van der Waals surface area (Å²) in [5.74, 6) is 0.103. The molecule has 0 spiro atoms. The van der Waals surface area contributed by atoms with Crippen LogP contribution in [-0.4, -0.2) is 49.4 Å². The second-order valence-electron chi connectivity index (χ2n) is 2.95. The molecule has 0 aliphatic heterocycles. The van der Waals surface area contributed by atoms with E-state index in [1.54, 1.807) is 0 Å². The first-order chi connectivity index (χ1) is 6.45. The molecule has 0 aromatic heterocycles. The molecule has 0 saturated heterocycles. The van der Waals surface area contributed by atoms with E-state index in [1.165, 1.54) is 0 Å². The Labute approximate surface area is 87.2 Å². The Morgan fingerprint density at radius 3 is 2.43 bits per heavy atom. The lowest BCUT2D eigenvalue weighted by molar-refractivity contribution is -0.0328. The highest BCUT2D eigenvalue weighted by Gasteiger charge is 2.27. The van der Waals surface area contributed by atoms with Crippen LogP contribution in [0.5, 0.6) is 0 Å². The summed E-state index contributed by atoms with van der Waals surface area (Å²) < 4.78 is 35.2. The second-order valence-corrected chi connectivity index (χ2v) is 4.11. The molecule has 0 rings (SSSR count). The van der Waals surface area contributed by atoms with Crippen molar-refractivity contribution in [3.05, 3.63) is 0 Å². The van der Waals surface area contributed by atoms with Crippen molar-refractivity contribution < 1.29 is 13.2 Å². The highest BCUT2D eigenvalue weighted by molar-refractivity contribution is 8.00. The molecule has 0 aromatic rings. The van der Waals surface area contributed by atoms with Crippen molar-refractivity contribution in [2.45, 2.75) is 12.4 Å². The van der Waals surface area contributed by atoms with Crippen LogP contribution < -0.4 is 5.32 Å². The van der Waals surface area contributed by atoms with Gasteiger partial charge in [0.05, 0.1) is 0 Å². The molecule has 6 heteroatoms. The summed E-state index contributed by atoms with van der Waals surface area (Å²) in [5.41, 5.74) is -4.09. The lowest BCUT2D eigenvalue weighted by Gasteiger charge is -2.16. The van der Waals surface area contributed by atoms with Crippen LogP contribution in [0.2, 0.25) is 0 Å². The molecule has 0 fully saturated rings. The van der Waals surface area contributed by atoms with Gasteiger partial charge in [0.2, 0.25) is 0 Å². The largest absolute Gasteiger partial charge is 0.441 e. The first-order valence-electron chi connectivity index (χ1n) is 4.55. The molecule has 86 valence electrons. The average Bonchev–Trinajstić information content (AvgIpc) is 2.02. The van der Waals surface area contributed by atoms with Crippen LogP contribution in [0.3, 0.4) is 0 Å². The van der Waals surface area contributed by atoms with Gasteiger partial charge in [0.15, 0.2) is 0 Å². The predicted molar refractivity (Wildman–Crippen MR) is 54.6 cm³/mol. The van der Waals surface area contributed by atoms with Gasteiger partial charge in [-0.05, 0) is 25.4 Å². The fourth-order valence-corrected chi connectivity index (χ4v) is 1.51. The van der Waals surface area contributed by atoms with Crippen LogP contribution in [0.15, 0.2) is 0 Å². The zero-order valence-corrected chi connectivity index (χ0v) is 9.34. The quantitative estimate of drug-likeness (QED) is 0.671. The van der Waals surface area contributed by atoms with Crippen molar-refractivity contribution >= 4 is 11.8 Å². The number of nitrogens with one attached hydrogen (secondary N) is 1. The fraction of sp³-hybridized carbons (Fsp3) is 1.00. The third kappa shape index (κ3) is 10.1. The zero-order chi connectivity index (χ0) is 11.0. The minimum atomic E-state index is -4.09. The van der Waals surface area contributed by atoms with E-state index in [-0.39, 0.29) is 17.5 Å². The Balaban J connectivity index is 3.31. The van der Waals surface area contributed by atoms with E-state index in [2.05, 4.69) is 5.32 Å². The third-order valence-electron chi connectivity index (χ3n) is 1.66. The number of halogens is 3. The number of alkyl halides is 3. The lowest BCUT2D eigenvalue weighted by Crippen LogP contribution is -2.30. The van der Waals surface area contributed by atoms with Gasteiger partial charge in [0, 0.05) is 25.4 Å². The summed E-state index contributed by atoms with van der Waals surface area (Å²) in [6.45, 7) is 4.97. The van der Waals surface area contributed by atoms with Crippen LogP contribution in [-0.2, 0) is 0 Å². The van der Waals surface area contributed by atoms with E-state index in [1.807, 2.05) is 18.9 Å². The molecule has 0 amide bonds. The molecular formula is C8H17F3N2S. The normalized spacial score (nSPS) is 12.4. The standard InChI is InChI=1S/C8H17F3N2S/c1-3-12-4-5-13(2)6-7-14-8(9,10)11/h12H,3-7H2,1-2H3. The van der Waals surface area contributed by atoms with Crippen LogP contribution >= 0.6 is 11.8 Å². The van der Waals surface area contributed by atoms with Crippen LogP contribution in [0.4, 0.5) is 13.2 Å². The van der Waals surface area contributed by atoms with Gasteiger partial charge in [-0.1, -0.05) is 6.92 Å². The summed E-state index contributed by atoms with van der Waals surface area (Å²) in [6, 6.07) is 0. The van der Waals surface area contributed by atoms with Gasteiger partial charge in [-0.2, -0.15) is 13.2 Å². The molecule has 0 aromatic carbocycles. The molecule has 0 aliphatic rings. The highest BCUT2D eigenvalue weighted by atomic mass is 32.2. The van der Waals surface area contributed by atoms with Crippen LogP contribution in [0.1, 0.15) is 6.92 Å². The van der Waals surface area contributed by atoms with E-state index in [9.17, 15) is 13.2 Å². The van der Waals surface area contributed by atoms with E-state index in [0.29, 0.717) is 6.54 Å². The Morgan fingerprint density at radius 1 is 1.29 bits per heavy atom. The maximum atomic E-state index is 11.7. The van der Waals surface area contributed by atoms with Gasteiger partial charge < -0.3 is 10.2 Å². The van der Waals surface area contributed by atoms with Gasteiger partial charge in [0.25, 0.3) is 0 Å². The Kier molecular flexibility index (Phi) is 7.40. The minimum absolute atomic E-state index is 0.0390. The lowest BCUT2D eigenvalue weighted by atomic mass is 10.5. The van der Waals surface area contributed by atoms with Crippen molar-refractivity contribution in [2.75, 3.05) is 39.0 Å². The zero-order valence-electron chi connectivity index (χ0n) is 8.52. The molecule has 0 aliphatic carbocycles. The minimum Gasteiger partial charge on any atom is -0.316 e. The van der Waals surface area contributed by atoms with Crippen LogP contribution in [0.25, 0.3) is 0 Å². The first-order valence-corrected chi connectivity index (χ1v) is 5.54. The SMILES string of the molecule is CCNCCN(C)CCSC(F)(F)F. The van der Waals surface area contributed by atoms with Crippen molar-refractivity contribution in [2.24, 2.45) is 0 Å². The average molecular weight is 230 g/mol. The highest BCUT2D eigenvalue weighted by Crippen LogP contribution is 2.29. The molecule has 0 unspecified atom stereocenters. The molecule has 0 saturated carbocycles. The van der Waals surface area contributed by atoms with E-state index >= 15 is 0 Å². The number of rotatable bonds is 7. The number of hydrogen-bond acceptors (Lipinski definition) is 3. The fourth-order valence-electron chi connectivity index (χ4n) is 0.876. The second kappa shape index (κ2) is 7.36. The van der Waals surface area contributed by atoms with Gasteiger partial charge in [-0.3, -0.25) is 0 Å². The molecular weight excluding hydrogens is 213 g/mol. The van der Waals surface area contributed by atoms with Gasteiger partial charge in [-0.15, -0.1) is 0 Å². The molecule has 14 heavy (non-hydrogen) atoms. The number of thioether (sulfide) groups is 1. The van der Waals surface area contributed by atoms with Gasteiger partial charge >= 0.3 is 5.51 Å². The third-order valence-corrected chi connectivity index (χ3v) is 2.37. The Hall–Kier alpha value is 0.0600. The molecule has 1 N–H and O–H groups in total. The molecule has 0 bridgehead atoms. The first kappa shape index (κ1) is 14.1. The van der Waals surface area contributed by atoms with Crippen molar-refractivity contribution in [3.63, 3.8) is 0 Å². The van der Waals surface area contributed by atoms with Gasteiger partial charge in [-0.25, -0.2) is 0 Å². The number of likely N-dealkylation sites (N-methyl/N-ethyl adjacent to an activating group) is 2. The van der Waals surface area contributed by atoms with E-state index in [4.69, 9.17) is 0 Å². The van der Waals surface area contributed by atoms with Crippen molar-refractivity contribution in [1.29, 1.82) is 0 Å². The van der Waals surface area contributed by atoms with E-state index < -0.39 is 5.51 Å². The Bertz CT molecular complexity index is 141. The predicted octanol–water partition coefficient (Wildman–Crippen LogP) is 1.78. The number of hydrogen-bond donors (Lipinski definition) is 1. The van der Waals surface area contributed by atoms with Gasteiger partial charge in [0.1, 0.15) is 0 Å². The topological polar surface area (TPSA) is 15.3 Å². The molecule has 0 radical (unpaired) electrons. The maximum Gasteiger partial charge on any atom is 0.441 e. The molecule has 2 nitrogen and oxygen atoms in total. The van der Waals surface area contributed by atoms with Crippen molar-refractivity contribution in [1.82, 2.24) is 10.2 Å². The monoisotopic (exact) mass is 230 g/mol. The maximum absolute atomic E-state index is 11.7. The van der Waals surface area contributed by atoms with Crippen LogP contribution in [0, 0.1) is 0 Å². The Morgan fingerprint density at radius 2 is 1.93 bits per heavy atom. The summed E-state index contributed by atoms with van der Waals surface area (Å²) in [4.78, 5) is 1.89. The number of nitrogens with zero attached hydrogens (tertiary/aromatic N) is 1. The molecule has 0 atom stereocenters. The summed E-state index contributed by atoms with van der Waals surface area (Å²) in [6.07, 6.45) is 0. The van der Waals surface area contributed by atoms with E-state index in [0.717, 1.165) is 19.6 Å². The summed E-state index contributed by atoms with van der Waals surface area (Å²) in [7, 11) is 1.83. The smallest absolute Gasteiger partial charge is 0.316 e. The van der Waals surface area contributed by atoms with Crippen molar-refractivity contribution in [3.8, 4) is 0 Å². The summed E-state index contributed by atoms with van der Waals surface area (Å²) >= 11 is 0.0390. The molecule has 0 heterocycles.